The van der Waals surface area contributed by atoms with E-state index in [1.54, 1.807) is 0 Å². The molecule has 0 aliphatic heterocycles. The molecule has 3 rings (SSSR count). The Morgan fingerprint density at radius 1 is 1.15 bits per heavy atom. The highest BCUT2D eigenvalue weighted by Crippen LogP contribution is 2.50. The second kappa shape index (κ2) is 5.10. The number of rotatable bonds is 1. The maximum atomic E-state index is 12.9. The van der Waals surface area contributed by atoms with E-state index in [0.717, 1.165) is 41.3 Å². The summed E-state index contributed by atoms with van der Waals surface area (Å²) >= 11 is 3.45. The van der Waals surface area contributed by atoms with Gasteiger partial charge >= 0.3 is 0 Å². The molecule has 1 atom stereocenters. The minimum atomic E-state index is -0.523. The monoisotopic (exact) mass is 334 g/mol. The van der Waals surface area contributed by atoms with E-state index in [9.17, 15) is 9.59 Å². The molecule has 1 aromatic rings. The van der Waals surface area contributed by atoms with Crippen LogP contribution in [-0.4, -0.2) is 11.6 Å². The molecule has 0 saturated heterocycles. The summed E-state index contributed by atoms with van der Waals surface area (Å²) in [5.74, 6) is -0.216. The van der Waals surface area contributed by atoms with E-state index in [-0.39, 0.29) is 17.0 Å². The molecule has 2 aliphatic rings. The first kappa shape index (κ1) is 14.0. The molecule has 0 heterocycles. The number of halogens is 1. The molecule has 2 aliphatic carbocycles. The standard InChI is InChI=1S/C17H19BrO2/c1-11-5-6-12(18)9-13(11)15-14(19)10-17(16(15)20)7-3-2-4-8-17/h5-6,9,15H,2-4,7-8,10H2,1H3. The Bertz CT molecular complexity index is 570. The minimum Gasteiger partial charge on any atom is -0.298 e. The summed E-state index contributed by atoms with van der Waals surface area (Å²) in [5, 5.41) is 0. The average molecular weight is 335 g/mol. The fraction of sp³-hybridized carbons (Fsp3) is 0.529. The zero-order valence-electron chi connectivity index (χ0n) is 11.7. The molecule has 2 nitrogen and oxygen atoms in total. The van der Waals surface area contributed by atoms with Gasteiger partial charge in [-0.1, -0.05) is 41.3 Å². The normalized spacial score (nSPS) is 25.4. The summed E-state index contributed by atoms with van der Waals surface area (Å²) in [6, 6.07) is 5.88. The van der Waals surface area contributed by atoms with Gasteiger partial charge in [0.1, 0.15) is 11.7 Å². The fourth-order valence-electron chi connectivity index (χ4n) is 3.86. The van der Waals surface area contributed by atoms with Crippen molar-refractivity contribution in [3.05, 3.63) is 33.8 Å². The predicted octanol–water partition coefficient (Wildman–Crippen LogP) is 4.33. The number of benzene rings is 1. The minimum absolute atomic E-state index is 0.123. The predicted molar refractivity (Wildman–Crippen MR) is 81.8 cm³/mol. The number of carbonyl (C=O) groups is 2. The first-order chi connectivity index (χ1) is 9.53. The molecule has 20 heavy (non-hydrogen) atoms. The van der Waals surface area contributed by atoms with Crippen molar-refractivity contribution >= 4 is 27.5 Å². The largest absolute Gasteiger partial charge is 0.298 e. The van der Waals surface area contributed by atoms with E-state index in [0.29, 0.717) is 6.42 Å². The first-order valence-corrected chi connectivity index (χ1v) is 8.16. The number of ketones is 2. The summed E-state index contributed by atoms with van der Waals surface area (Å²) in [7, 11) is 0. The lowest BCUT2D eigenvalue weighted by Crippen LogP contribution is -2.30. The van der Waals surface area contributed by atoms with Crippen molar-refractivity contribution in [2.75, 3.05) is 0 Å². The lowest BCUT2D eigenvalue weighted by molar-refractivity contribution is -0.129. The van der Waals surface area contributed by atoms with Gasteiger partial charge in [0.25, 0.3) is 0 Å². The Kier molecular flexibility index (Phi) is 3.57. The summed E-state index contributed by atoms with van der Waals surface area (Å²) in [4.78, 5) is 25.4. The summed E-state index contributed by atoms with van der Waals surface area (Å²) in [6.07, 6.45) is 5.64. The van der Waals surface area contributed by atoms with Crippen molar-refractivity contribution in [2.24, 2.45) is 5.41 Å². The van der Waals surface area contributed by atoms with E-state index >= 15 is 0 Å². The number of aryl methyl sites for hydroxylation is 1. The second-order valence-corrected chi connectivity index (χ2v) is 7.20. The van der Waals surface area contributed by atoms with Gasteiger partial charge < -0.3 is 0 Å². The zero-order chi connectivity index (χ0) is 14.3. The summed E-state index contributed by atoms with van der Waals surface area (Å²) < 4.78 is 0.934. The van der Waals surface area contributed by atoms with Crippen LogP contribution in [0.25, 0.3) is 0 Å². The molecule has 0 radical (unpaired) electrons. The van der Waals surface area contributed by atoms with E-state index in [1.165, 1.54) is 6.42 Å². The topological polar surface area (TPSA) is 34.1 Å². The van der Waals surface area contributed by atoms with Gasteiger partial charge in [0.2, 0.25) is 0 Å². The van der Waals surface area contributed by atoms with Crippen LogP contribution in [0, 0.1) is 12.3 Å². The summed E-state index contributed by atoms with van der Waals surface area (Å²) in [5.41, 5.74) is 1.60. The molecule has 1 unspecified atom stereocenters. The van der Waals surface area contributed by atoms with Crippen LogP contribution in [0.5, 0.6) is 0 Å². The highest BCUT2D eigenvalue weighted by molar-refractivity contribution is 9.10. The van der Waals surface area contributed by atoms with E-state index in [4.69, 9.17) is 0 Å². The lowest BCUT2D eigenvalue weighted by Gasteiger charge is -2.31. The van der Waals surface area contributed by atoms with Crippen molar-refractivity contribution in [1.82, 2.24) is 0 Å². The molecule has 2 saturated carbocycles. The van der Waals surface area contributed by atoms with Gasteiger partial charge in [-0.2, -0.15) is 0 Å². The Balaban J connectivity index is 2.00. The Morgan fingerprint density at radius 3 is 2.55 bits per heavy atom. The van der Waals surface area contributed by atoms with Crippen LogP contribution >= 0.6 is 15.9 Å². The van der Waals surface area contributed by atoms with Crippen molar-refractivity contribution < 1.29 is 9.59 Å². The molecule has 2 fully saturated rings. The van der Waals surface area contributed by atoms with E-state index in [1.807, 2.05) is 25.1 Å². The van der Waals surface area contributed by atoms with Crippen molar-refractivity contribution in [3.63, 3.8) is 0 Å². The fourth-order valence-corrected chi connectivity index (χ4v) is 4.24. The number of carbonyl (C=O) groups excluding carboxylic acids is 2. The number of hydrogen-bond donors (Lipinski definition) is 0. The molecule has 0 N–H and O–H groups in total. The molecule has 0 bridgehead atoms. The van der Waals surface area contributed by atoms with Crippen LogP contribution in [0.1, 0.15) is 55.6 Å². The Hall–Kier alpha value is -0.960. The molecule has 1 spiro atoms. The van der Waals surface area contributed by atoms with Crippen LogP contribution in [-0.2, 0) is 9.59 Å². The third-order valence-electron chi connectivity index (χ3n) is 4.98. The number of hydrogen-bond acceptors (Lipinski definition) is 2. The maximum absolute atomic E-state index is 12.9. The molecular formula is C17H19BrO2. The quantitative estimate of drug-likeness (QED) is 0.716. The van der Waals surface area contributed by atoms with E-state index < -0.39 is 5.92 Å². The molecule has 1 aromatic carbocycles. The van der Waals surface area contributed by atoms with Gasteiger partial charge in [-0.3, -0.25) is 9.59 Å². The number of Topliss-reactive ketones (excluding diaryl/α,β-unsaturated/α-hetero) is 2. The van der Waals surface area contributed by atoms with Gasteiger partial charge in [-0.25, -0.2) is 0 Å². The first-order valence-electron chi connectivity index (χ1n) is 7.37. The van der Waals surface area contributed by atoms with Crippen molar-refractivity contribution in [1.29, 1.82) is 0 Å². The van der Waals surface area contributed by atoms with Gasteiger partial charge in [-0.05, 0) is 43.0 Å². The Labute approximate surface area is 128 Å². The van der Waals surface area contributed by atoms with Crippen molar-refractivity contribution in [2.45, 2.75) is 51.4 Å². The SMILES string of the molecule is Cc1ccc(Br)cc1C1C(=O)CC2(CCCCC2)C1=O. The van der Waals surface area contributed by atoms with Crippen LogP contribution in [0.15, 0.2) is 22.7 Å². The molecule has 0 amide bonds. The highest BCUT2D eigenvalue weighted by Gasteiger charge is 2.53. The van der Waals surface area contributed by atoms with Gasteiger partial charge in [0.05, 0.1) is 0 Å². The summed E-state index contributed by atoms with van der Waals surface area (Å²) in [6.45, 7) is 1.98. The third kappa shape index (κ3) is 2.16. The van der Waals surface area contributed by atoms with Crippen LogP contribution < -0.4 is 0 Å². The van der Waals surface area contributed by atoms with Gasteiger partial charge in [-0.15, -0.1) is 0 Å². The third-order valence-corrected chi connectivity index (χ3v) is 5.48. The van der Waals surface area contributed by atoms with Crippen LogP contribution in [0.4, 0.5) is 0 Å². The molecule has 0 aromatic heterocycles. The van der Waals surface area contributed by atoms with Gasteiger partial charge in [0.15, 0.2) is 5.78 Å². The maximum Gasteiger partial charge on any atom is 0.154 e. The second-order valence-electron chi connectivity index (χ2n) is 6.28. The molecule has 3 heteroatoms. The van der Waals surface area contributed by atoms with Crippen LogP contribution in [0.3, 0.4) is 0 Å². The molecular weight excluding hydrogens is 316 g/mol. The smallest absolute Gasteiger partial charge is 0.154 e. The zero-order valence-corrected chi connectivity index (χ0v) is 13.3. The lowest BCUT2D eigenvalue weighted by atomic mass is 9.71. The average Bonchev–Trinajstić information content (AvgIpc) is 2.65. The van der Waals surface area contributed by atoms with Crippen molar-refractivity contribution in [3.8, 4) is 0 Å². The Morgan fingerprint density at radius 2 is 1.85 bits per heavy atom. The molecule has 106 valence electrons. The van der Waals surface area contributed by atoms with Gasteiger partial charge in [0, 0.05) is 16.3 Å². The van der Waals surface area contributed by atoms with E-state index in [2.05, 4.69) is 15.9 Å². The highest BCUT2D eigenvalue weighted by atomic mass is 79.9. The van der Waals surface area contributed by atoms with Crippen LogP contribution in [0.2, 0.25) is 0 Å².